The van der Waals surface area contributed by atoms with Crippen LogP contribution in [0.15, 0.2) is 49.1 Å². The zero-order valence-corrected chi connectivity index (χ0v) is 20.7. The monoisotopic (exact) mass is 486 g/mol. The van der Waals surface area contributed by atoms with Gasteiger partial charge in [0.2, 0.25) is 0 Å². The van der Waals surface area contributed by atoms with Crippen molar-refractivity contribution in [3.05, 3.63) is 65.7 Å². The first-order valence-corrected chi connectivity index (χ1v) is 11.2. The second-order valence-electron chi connectivity index (χ2n) is 7.53. The van der Waals surface area contributed by atoms with E-state index >= 15 is 0 Å². The van der Waals surface area contributed by atoms with E-state index < -0.39 is 0 Å². The molecule has 2 aromatic heterocycles. The number of carbonyl (C=O) groups is 1. The molecular weight excluding hydrogens is 460 g/mol. The fourth-order valence-electron chi connectivity index (χ4n) is 3.57. The standard InChI is InChI=1S/C24H26N4O3S.ClH/c1-16-6-9-21-22(17(16)2)26-24(32-21)28(12-5-11-27-13-10-25-15-27)23(29)18-7-8-19(30-3)20(14-18)31-4;/h6-10,13-15H,5,11-12H2,1-4H3;1H. The van der Waals surface area contributed by atoms with Crippen LogP contribution in [0.4, 0.5) is 5.13 Å². The molecule has 2 aromatic carbocycles. The van der Waals surface area contributed by atoms with Crippen LogP contribution in [0.1, 0.15) is 27.9 Å². The molecule has 0 spiro atoms. The topological polar surface area (TPSA) is 69.5 Å². The number of aryl methyl sites for hydroxylation is 3. The molecule has 0 bridgehead atoms. The summed E-state index contributed by atoms with van der Waals surface area (Å²) in [6, 6.07) is 9.40. The van der Waals surface area contributed by atoms with Crippen LogP contribution in [0.2, 0.25) is 0 Å². The van der Waals surface area contributed by atoms with Crippen molar-refractivity contribution in [1.29, 1.82) is 0 Å². The lowest BCUT2D eigenvalue weighted by molar-refractivity contribution is 0.0986. The number of carbonyl (C=O) groups excluding carboxylic acids is 1. The number of hydrogen-bond acceptors (Lipinski definition) is 6. The largest absolute Gasteiger partial charge is 0.493 e. The maximum absolute atomic E-state index is 13.6. The molecule has 0 radical (unpaired) electrons. The summed E-state index contributed by atoms with van der Waals surface area (Å²) in [5.74, 6) is 0.985. The number of imidazole rings is 1. The van der Waals surface area contributed by atoms with E-state index in [1.54, 1.807) is 49.8 Å². The van der Waals surface area contributed by atoms with Gasteiger partial charge in [0, 0.05) is 31.0 Å². The SMILES string of the molecule is COc1ccc(C(=O)N(CCCn2ccnc2)c2nc3c(C)c(C)ccc3s2)cc1OC.Cl. The Morgan fingerprint density at radius 1 is 1.12 bits per heavy atom. The van der Waals surface area contributed by atoms with Crippen molar-refractivity contribution in [2.24, 2.45) is 0 Å². The van der Waals surface area contributed by atoms with Gasteiger partial charge in [-0.15, -0.1) is 12.4 Å². The van der Waals surface area contributed by atoms with Crippen molar-refractivity contribution in [1.82, 2.24) is 14.5 Å². The molecule has 0 unspecified atom stereocenters. The van der Waals surface area contributed by atoms with Gasteiger partial charge < -0.3 is 14.0 Å². The number of fused-ring (bicyclic) bond motifs is 1. The Hall–Kier alpha value is -3.10. The van der Waals surface area contributed by atoms with Gasteiger partial charge in [0.1, 0.15) is 0 Å². The number of methoxy groups -OCH3 is 2. The fourth-order valence-corrected chi connectivity index (χ4v) is 4.62. The molecular formula is C24H27ClN4O3S. The molecule has 2 heterocycles. The van der Waals surface area contributed by atoms with Crippen LogP contribution in [-0.4, -0.2) is 41.2 Å². The zero-order chi connectivity index (χ0) is 22.7. The third-order valence-electron chi connectivity index (χ3n) is 5.54. The lowest BCUT2D eigenvalue weighted by atomic mass is 10.1. The second-order valence-corrected chi connectivity index (χ2v) is 8.54. The number of benzene rings is 2. The van der Waals surface area contributed by atoms with E-state index in [0.717, 1.165) is 28.7 Å². The van der Waals surface area contributed by atoms with Gasteiger partial charge in [0.25, 0.3) is 5.91 Å². The molecule has 4 aromatic rings. The number of hydrogen-bond donors (Lipinski definition) is 0. The zero-order valence-electron chi connectivity index (χ0n) is 19.1. The van der Waals surface area contributed by atoms with E-state index in [1.165, 1.54) is 16.9 Å². The Kier molecular flexibility index (Phi) is 7.94. The average Bonchev–Trinajstić information content (AvgIpc) is 3.48. The number of ether oxygens (including phenoxy) is 2. The summed E-state index contributed by atoms with van der Waals surface area (Å²) in [5.41, 5.74) is 3.80. The van der Waals surface area contributed by atoms with Crippen molar-refractivity contribution < 1.29 is 14.3 Å². The Bertz CT molecular complexity index is 1240. The van der Waals surface area contributed by atoms with Crippen molar-refractivity contribution in [3.8, 4) is 11.5 Å². The van der Waals surface area contributed by atoms with Crippen molar-refractivity contribution in [2.75, 3.05) is 25.7 Å². The summed E-state index contributed by atoms with van der Waals surface area (Å²) in [4.78, 5) is 24.3. The summed E-state index contributed by atoms with van der Waals surface area (Å²) >= 11 is 1.54. The molecule has 0 aliphatic rings. The number of nitrogens with zero attached hydrogens (tertiary/aromatic N) is 4. The molecule has 9 heteroatoms. The minimum Gasteiger partial charge on any atom is -0.493 e. The highest BCUT2D eigenvalue weighted by Gasteiger charge is 2.23. The third kappa shape index (κ3) is 5.12. The van der Waals surface area contributed by atoms with Crippen LogP contribution in [-0.2, 0) is 6.54 Å². The maximum atomic E-state index is 13.6. The average molecular weight is 487 g/mol. The molecule has 0 fully saturated rings. The predicted molar refractivity (Wildman–Crippen MR) is 134 cm³/mol. The van der Waals surface area contributed by atoms with Crippen LogP contribution >= 0.6 is 23.7 Å². The van der Waals surface area contributed by atoms with E-state index in [9.17, 15) is 4.79 Å². The van der Waals surface area contributed by atoms with Crippen LogP contribution in [0.3, 0.4) is 0 Å². The van der Waals surface area contributed by atoms with E-state index in [2.05, 4.69) is 31.0 Å². The van der Waals surface area contributed by atoms with Gasteiger partial charge in [-0.3, -0.25) is 9.69 Å². The van der Waals surface area contributed by atoms with Crippen LogP contribution in [0.25, 0.3) is 10.2 Å². The number of thiazole rings is 1. The van der Waals surface area contributed by atoms with Gasteiger partial charge in [-0.2, -0.15) is 0 Å². The Morgan fingerprint density at radius 3 is 2.61 bits per heavy atom. The summed E-state index contributed by atoms with van der Waals surface area (Å²) in [6.07, 6.45) is 6.23. The second kappa shape index (κ2) is 10.7. The number of anilines is 1. The van der Waals surface area contributed by atoms with Crippen LogP contribution < -0.4 is 14.4 Å². The van der Waals surface area contributed by atoms with Gasteiger partial charge >= 0.3 is 0 Å². The molecule has 1 amide bonds. The summed E-state index contributed by atoms with van der Waals surface area (Å²) in [7, 11) is 3.14. The molecule has 0 aliphatic heterocycles. The molecule has 4 rings (SSSR count). The lowest BCUT2D eigenvalue weighted by Gasteiger charge is -2.20. The van der Waals surface area contributed by atoms with E-state index in [4.69, 9.17) is 14.5 Å². The quantitative estimate of drug-likeness (QED) is 0.338. The van der Waals surface area contributed by atoms with Crippen LogP contribution in [0, 0.1) is 13.8 Å². The van der Waals surface area contributed by atoms with Gasteiger partial charge in [-0.25, -0.2) is 9.97 Å². The third-order valence-corrected chi connectivity index (χ3v) is 6.58. The Balaban J connectivity index is 0.00000306. The minimum atomic E-state index is -0.120. The minimum absolute atomic E-state index is 0. The normalized spacial score (nSPS) is 10.7. The first-order valence-electron chi connectivity index (χ1n) is 10.4. The molecule has 0 atom stereocenters. The molecule has 174 valence electrons. The summed E-state index contributed by atoms with van der Waals surface area (Å²) in [6.45, 7) is 5.44. The van der Waals surface area contributed by atoms with Gasteiger partial charge in [0.05, 0.1) is 30.8 Å². The molecule has 0 saturated heterocycles. The number of aromatic nitrogens is 3. The highest BCUT2D eigenvalue weighted by molar-refractivity contribution is 7.22. The number of halogens is 1. The lowest BCUT2D eigenvalue weighted by Crippen LogP contribution is -2.32. The first-order chi connectivity index (χ1) is 15.5. The van der Waals surface area contributed by atoms with E-state index in [-0.39, 0.29) is 18.3 Å². The molecule has 7 nitrogen and oxygen atoms in total. The number of rotatable bonds is 8. The predicted octanol–water partition coefficient (Wildman–Crippen LogP) is 5.29. The van der Waals surface area contributed by atoms with E-state index in [0.29, 0.717) is 28.7 Å². The van der Waals surface area contributed by atoms with Crippen molar-refractivity contribution in [3.63, 3.8) is 0 Å². The molecule has 33 heavy (non-hydrogen) atoms. The first kappa shape index (κ1) is 24.5. The Morgan fingerprint density at radius 2 is 1.91 bits per heavy atom. The number of amides is 1. The van der Waals surface area contributed by atoms with Crippen molar-refractivity contribution in [2.45, 2.75) is 26.8 Å². The summed E-state index contributed by atoms with van der Waals surface area (Å²) < 4.78 is 13.8. The maximum Gasteiger partial charge on any atom is 0.260 e. The van der Waals surface area contributed by atoms with Gasteiger partial charge in [0.15, 0.2) is 16.6 Å². The highest BCUT2D eigenvalue weighted by atomic mass is 35.5. The van der Waals surface area contributed by atoms with Gasteiger partial charge in [-0.1, -0.05) is 17.4 Å². The molecule has 0 aliphatic carbocycles. The van der Waals surface area contributed by atoms with E-state index in [1.807, 2.05) is 10.8 Å². The van der Waals surface area contributed by atoms with Crippen LogP contribution in [0.5, 0.6) is 11.5 Å². The highest BCUT2D eigenvalue weighted by Crippen LogP contribution is 2.34. The summed E-state index contributed by atoms with van der Waals surface area (Å²) in [5, 5.41) is 0.694. The molecule has 0 saturated carbocycles. The molecule has 0 N–H and O–H groups in total. The van der Waals surface area contributed by atoms with Crippen molar-refractivity contribution >= 4 is 45.0 Å². The smallest absolute Gasteiger partial charge is 0.260 e. The fraction of sp³-hybridized carbons (Fsp3) is 0.292. The Labute approximate surface area is 203 Å². The van der Waals surface area contributed by atoms with Gasteiger partial charge in [-0.05, 0) is 55.7 Å².